The number of halogens is 1. The van der Waals surface area contributed by atoms with Crippen molar-refractivity contribution in [3.8, 4) is 0 Å². The van der Waals surface area contributed by atoms with E-state index < -0.39 is 10.0 Å². The lowest BCUT2D eigenvalue weighted by Crippen LogP contribution is -2.25. The van der Waals surface area contributed by atoms with Gasteiger partial charge in [-0.2, -0.15) is 0 Å². The normalized spacial score (nSPS) is 11.6. The third kappa shape index (κ3) is 5.04. The highest BCUT2D eigenvalue weighted by Gasteiger charge is 2.12. The van der Waals surface area contributed by atoms with Crippen molar-refractivity contribution in [3.05, 3.63) is 29.3 Å². The quantitative estimate of drug-likeness (QED) is 0.776. The summed E-state index contributed by atoms with van der Waals surface area (Å²) in [5.41, 5.74) is 0. The molecule has 0 saturated heterocycles. The molecule has 96 valence electrons. The minimum atomic E-state index is -3.46. The first kappa shape index (κ1) is 14.4. The van der Waals surface area contributed by atoms with Crippen molar-refractivity contribution in [2.45, 2.75) is 18.2 Å². The Bertz CT molecular complexity index is 448. The molecule has 0 fully saturated rings. The summed E-state index contributed by atoms with van der Waals surface area (Å²) >= 11 is 5.74. The number of benzene rings is 1. The molecule has 0 heterocycles. The van der Waals surface area contributed by atoms with Crippen LogP contribution in [0.5, 0.6) is 0 Å². The number of hydrogen-bond acceptors (Lipinski definition) is 3. The van der Waals surface area contributed by atoms with Crippen LogP contribution in [0.2, 0.25) is 5.02 Å². The van der Waals surface area contributed by atoms with Gasteiger partial charge >= 0.3 is 0 Å². The summed E-state index contributed by atoms with van der Waals surface area (Å²) in [7, 11) is -3.46. The first-order valence-corrected chi connectivity index (χ1v) is 7.25. The van der Waals surface area contributed by atoms with Gasteiger partial charge in [-0.25, -0.2) is 13.1 Å². The number of nitrogens with one attached hydrogen (secondary N) is 1. The summed E-state index contributed by atoms with van der Waals surface area (Å²) in [6.07, 6.45) is 0.646. The highest BCUT2D eigenvalue weighted by Crippen LogP contribution is 2.14. The molecule has 17 heavy (non-hydrogen) atoms. The molecule has 0 aromatic heterocycles. The lowest BCUT2D eigenvalue weighted by molar-refractivity contribution is 0.146. The minimum absolute atomic E-state index is 0.182. The van der Waals surface area contributed by atoms with Crippen molar-refractivity contribution in [2.75, 3.05) is 19.8 Å². The van der Waals surface area contributed by atoms with E-state index in [9.17, 15) is 8.42 Å². The van der Waals surface area contributed by atoms with Gasteiger partial charge in [0.15, 0.2) is 0 Å². The predicted octanol–water partition coefficient (Wildman–Crippen LogP) is 2.04. The maximum atomic E-state index is 11.8. The Morgan fingerprint density at radius 1 is 1.41 bits per heavy atom. The highest BCUT2D eigenvalue weighted by atomic mass is 35.5. The average Bonchev–Trinajstić information content (AvgIpc) is 2.29. The molecule has 0 aliphatic heterocycles. The molecule has 4 nitrogen and oxygen atoms in total. The van der Waals surface area contributed by atoms with E-state index in [2.05, 4.69) is 4.72 Å². The number of rotatable bonds is 7. The molecule has 6 heteroatoms. The predicted molar refractivity (Wildman–Crippen MR) is 67.8 cm³/mol. The van der Waals surface area contributed by atoms with Crippen LogP contribution in [0.15, 0.2) is 29.2 Å². The molecule has 0 aliphatic rings. The van der Waals surface area contributed by atoms with Crippen LogP contribution >= 0.6 is 11.6 Å². The maximum absolute atomic E-state index is 11.8. The van der Waals surface area contributed by atoms with E-state index in [4.69, 9.17) is 16.3 Å². The molecule has 1 rings (SSSR count). The topological polar surface area (TPSA) is 55.4 Å². The Kier molecular flexibility index (Phi) is 5.91. The monoisotopic (exact) mass is 277 g/mol. The molecular formula is C11H16ClNO3S. The number of ether oxygens (including phenoxy) is 1. The van der Waals surface area contributed by atoms with Crippen LogP contribution in [0.1, 0.15) is 13.3 Å². The molecule has 0 saturated carbocycles. The Morgan fingerprint density at radius 2 is 2.18 bits per heavy atom. The van der Waals surface area contributed by atoms with E-state index in [-0.39, 0.29) is 4.90 Å². The minimum Gasteiger partial charge on any atom is -0.382 e. The smallest absolute Gasteiger partial charge is 0.240 e. The van der Waals surface area contributed by atoms with E-state index in [1.165, 1.54) is 12.1 Å². The zero-order valence-electron chi connectivity index (χ0n) is 9.65. The largest absolute Gasteiger partial charge is 0.382 e. The van der Waals surface area contributed by atoms with Crippen molar-refractivity contribution in [3.63, 3.8) is 0 Å². The van der Waals surface area contributed by atoms with Gasteiger partial charge in [0.2, 0.25) is 10.0 Å². The SMILES string of the molecule is CCOCCCNS(=O)(=O)c1cccc(Cl)c1. The lowest BCUT2D eigenvalue weighted by atomic mass is 10.4. The Labute approximate surface area is 107 Å². The van der Waals surface area contributed by atoms with Crippen LogP contribution in [0.25, 0.3) is 0 Å². The van der Waals surface area contributed by atoms with E-state index in [1.807, 2.05) is 6.92 Å². The van der Waals surface area contributed by atoms with Crippen LogP contribution in [0.4, 0.5) is 0 Å². The molecule has 1 aromatic rings. The van der Waals surface area contributed by atoms with Crippen molar-refractivity contribution in [1.29, 1.82) is 0 Å². The molecule has 0 aliphatic carbocycles. The fraction of sp³-hybridized carbons (Fsp3) is 0.455. The summed E-state index contributed by atoms with van der Waals surface area (Å²) in [4.78, 5) is 0.182. The molecule has 0 bridgehead atoms. The van der Waals surface area contributed by atoms with Crippen molar-refractivity contribution in [1.82, 2.24) is 4.72 Å². The van der Waals surface area contributed by atoms with E-state index >= 15 is 0 Å². The van der Waals surface area contributed by atoms with Crippen LogP contribution in [-0.2, 0) is 14.8 Å². The highest BCUT2D eigenvalue weighted by molar-refractivity contribution is 7.89. The van der Waals surface area contributed by atoms with Gasteiger partial charge in [-0.1, -0.05) is 17.7 Å². The summed E-state index contributed by atoms with van der Waals surface area (Å²) in [6, 6.07) is 6.18. The molecule has 0 radical (unpaired) electrons. The average molecular weight is 278 g/mol. The standard InChI is InChI=1S/C11H16ClNO3S/c1-2-16-8-4-7-13-17(14,15)11-6-3-5-10(12)9-11/h3,5-6,9,13H,2,4,7-8H2,1H3. The van der Waals surface area contributed by atoms with E-state index in [1.54, 1.807) is 12.1 Å². The summed E-state index contributed by atoms with van der Waals surface area (Å²) in [5, 5.41) is 0.405. The first-order chi connectivity index (χ1) is 8.06. The van der Waals surface area contributed by atoms with Gasteiger partial charge in [0.25, 0.3) is 0 Å². The molecular weight excluding hydrogens is 262 g/mol. The second-order valence-electron chi connectivity index (χ2n) is 3.41. The molecule has 0 unspecified atom stereocenters. The zero-order chi connectivity index (χ0) is 12.7. The molecule has 0 amide bonds. The Morgan fingerprint density at radius 3 is 2.82 bits per heavy atom. The van der Waals surface area contributed by atoms with Crippen LogP contribution < -0.4 is 4.72 Å². The number of hydrogen-bond donors (Lipinski definition) is 1. The summed E-state index contributed by atoms with van der Waals surface area (Å²) in [5.74, 6) is 0. The van der Waals surface area contributed by atoms with Crippen molar-refractivity contribution < 1.29 is 13.2 Å². The number of sulfonamides is 1. The third-order valence-electron chi connectivity index (χ3n) is 2.07. The van der Waals surface area contributed by atoms with Gasteiger partial charge in [-0.05, 0) is 31.5 Å². The van der Waals surface area contributed by atoms with Gasteiger partial charge in [0, 0.05) is 24.8 Å². The fourth-order valence-electron chi connectivity index (χ4n) is 1.24. The molecule has 0 spiro atoms. The van der Waals surface area contributed by atoms with Crippen molar-refractivity contribution in [2.24, 2.45) is 0 Å². The van der Waals surface area contributed by atoms with Crippen LogP contribution in [0.3, 0.4) is 0 Å². The summed E-state index contributed by atoms with van der Waals surface area (Å²) < 4.78 is 31.2. The first-order valence-electron chi connectivity index (χ1n) is 5.39. The van der Waals surface area contributed by atoms with Gasteiger partial charge in [0.05, 0.1) is 4.90 Å². The fourth-order valence-corrected chi connectivity index (χ4v) is 2.62. The van der Waals surface area contributed by atoms with Gasteiger partial charge in [-0.15, -0.1) is 0 Å². The Hall–Kier alpha value is -0.620. The van der Waals surface area contributed by atoms with Crippen LogP contribution in [-0.4, -0.2) is 28.2 Å². The molecule has 1 N–H and O–H groups in total. The Balaban J connectivity index is 2.51. The molecule has 0 atom stereocenters. The third-order valence-corrected chi connectivity index (χ3v) is 3.76. The second kappa shape index (κ2) is 6.96. The van der Waals surface area contributed by atoms with E-state index in [0.29, 0.717) is 31.2 Å². The lowest BCUT2D eigenvalue weighted by Gasteiger charge is -2.06. The molecule has 1 aromatic carbocycles. The van der Waals surface area contributed by atoms with Crippen molar-refractivity contribution >= 4 is 21.6 Å². The maximum Gasteiger partial charge on any atom is 0.240 e. The summed E-state index contributed by atoms with van der Waals surface area (Å²) in [6.45, 7) is 3.45. The van der Waals surface area contributed by atoms with Crippen LogP contribution in [0, 0.1) is 0 Å². The van der Waals surface area contributed by atoms with E-state index in [0.717, 1.165) is 0 Å². The van der Waals surface area contributed by atoms with Gasteiger partial charge < -0.3 is 4.74 Å². The second-order valence-corrected chi connectivity index (χ2v) is 5.61. The van der Waals surface area contributed by atoms with Gasteiger partial charge in [0.1, 0.15) is 0 Å². The zero-order valence-corrected chi connectivity index (χ0v) is 11.2. The van der Waals surface area contributed by atoms with Gasteiger partial charge in [-0.3, -0.25) is 0 Å².